The molecule has 28 nitrogen and oxygen atoms in total. The fraction of sp³-hybridized carbons (Fsp3) is 0.368. The molecular formula is C57H68Cl8N12O16. The molecule has 1 saturated heterocycles. The molecule has 1 fully saturated rings. The van der Waals surface area contributed by atoms with E-state index in [4.69, 9.17) is 139 Å². The molecule has 5 atom stereocenters. The molecule has 0 radical (unpaired) electrons. The van der Waals surface area contributed by atoms with Crippen molar-refractivity contribution < 1.29 is 82.8 Å². The number of halogens is 8. The monoisotopic (exact) mass is 1460 g/mol. The fourth-order valence-corrected chi connectivity index (χ4v) is 9.01. The zero-order valence-corrected chi connectivity index (χ0v) is 55.6. The van der Waals surface area contributed by atoms with Crippen LogP contribution in [0.3, 0.4) is 0 Å². The number of carbonyl (C=O) groups excluding carboxylic acids is 8. The summed E-state index contributed by atoms with van der Waals surface area (Å²) in [6, 6.07) is 19.2. The summed E-state index contributed by atoms with van der Waals surface area (Å²) in [7, 11) is 0. The number of amides is 8. The van der Waals surface area contributed by atoms with Gasteiger partial charge in [-0.25, -0.2) is 19.2 Å². The van der Waals surface area contributed by atoms with Crippen LogP contribution < -0.4 is 42.5 Å². The average Bonchev–Trinajstić information content (AvgIpc) is 0.852. The highest BCUT2D eigenvalue weighted by atomic mass is 35.5. The molecule has 508 valence electrons. The Labute approximate surface area is 579 Å². The van der Waals surface area contributed by atoms with Gasteiger partial charge < -0.3 is 39.0 Å². The first-order valence-corrected chi connectivity index (χ1v) is 30.1. The molecule has 36 heteroatoms. The minimum Gasteiger partial charge on any atom is -0.449 e. The van der Waals surface area contributed by atoms with Crippen LogP contribution in [0, 0.1) is 21.6 Å². The van der Waals surface area contributed by atoms with Crippen LogP contribution in [0.2, 0.25) is 40.2 Å². The molecule has 1 heterocycles. The van der Waals surface area contributed by atoms with Crippen LogP contribution in [-0.4, -0.2) is 144 Å². The van der Waals surface area contributed by atoms with Crippen molar-refractivity contribution in [3.63, 3.8) is 0 Å². The third-order valence-corrected chi connectivity index (χ3v) is 14.1. The summed E-state index contributed by atoms with van der Waals surface area (Å²) in [5.74, 6) is -4.72. The lowest BCUT2D eigenvalue weighted by molar-refractivity contribution is -0.224. The molecule has 1 aliphatic heterocycles. The molecule has 1 aliphatic rings. The zero-order valence-electron chi connectivity index (χ0n) is 53.6. The van der Waals surface area contributed by atoms with E-state index in [2.05, 4.69) is 31.3 Å². The van der Waals surface area contributed by atoms with E-state index in [9.17, 15) is 53.7 Å². The number of aliphatic hydroxyl groups excluding tert-OH is 3. The highest BCUT2D eigenvalue weighted by Crippen LogP contribution is 2.28. The van der Waals surface area contributed by atoms with Gasteiger partial charge in [-0.3, -0.25) is 83.3 Å². The van der Waals surface area contributed by atoms with Crippen LogP contribution >= 0.6 is 92.8 Å². The van der Waals surface area contributed by atoms with Crippen molar-refractivity contribution in [2.45, 2.75) is 110 Å². The van der Waals surface area contributed by atoms with E-state index < -0.39 is 122 Å². The van der Waals surface area contributed by atoms with Crippen molar-refractivity contribution in [1.29, 1.82) is 21.6 Å². The average molecular weight is 1460 g/mol. The van der Waals surface area contributed by atoms with Gasteiger partial charge in [0.25, 0.3) is 0 Å². The van der Waals surface area contributed by atoms with Crippen molar-refractivity contribution in [3.05, 3.63) is 135 Å². The fourth-order valence-electron chi connectivity index (χ4n) is 6.88. The van der Waals surface area contributed by atoms with Crippen molar-refractivity contribution in [2.75, 3.05) is 26.4 Å². The molecule has 15 N–H and O–H groups in total. The van der Waals surface area contributed by atoms with E-state index in [0.29, 0.717) is 58.8 Å². The molecule has 0 saturated carbocycles. The van der Waals surface area contributed by atoms with Gasteiger partial charge in [-0.1, -0.05) is 144 Å². The topological polar surface area (TPSA) is 435 Å². The van der Waals surface area contributed by atoms with E-state index in [1.165, 1.54) is 19.1 Å². The van der Waals surface area contributed by atoms with Gasteiger partial charge in [-0.2, -0.15) is 0 Å². The minimum absolute atomic E-state index is 0.104. The number of nitrogens with one attached hydrogen (secondary N) is 12. The lowest BCUT2D eigenvalue weighted by Crippen LogP contribution is -2.58. The number of hydrogen-bond acceptors (Lipinski definition) is 20. The molecular weight excluding hydrogens is 1390 g/mol. The second-order valence-corrected chi connectivity index (χ2v) is 21.8. The minimum atomic E-state index is -2.92. The number of unbranched alkanes of at least 4 members (excludes halogenated alkanes) is 1. The van der Waals surface area contributed by atoms with Gasteiger partial charge in [-0.05, 0) is 96.9 Å². The lowest BCUT2D eigenvalue weighted by Gasteiger charge is -2.38. The van der Waals surface area contributed by atoms with Crippen LogP contribution in [0.15, 0.2) is 72.8 Å². The number of hydrogen-bond donors (Lipinski definition) is 15. The van der Waals surface area contributed by atoms with Gasteiger partial charge >= 0.3 is 24.4 Å². The van der Waals surface area contributed by atoms with Gasteiger partial charge in [0.2, 0.25) is 47.5 Å². The van der Waals surface area contributed by atoms with Gasteiger partial charge in [0.1, 0.15) is 31.0 Å². The molecule has 0 aromatic heterocycles. The Hall–Kier alpha value is -7.32. The summed E-state index contributed by atoms with van der Waals surface area (Å²) in [6.45, 7) is 3.31. The number of benzene rings is 4. The number of aliphatic hydroxyl groups is 3. The standard InChI is InChI=1S/C17H21Cl2N3O7.C14H17Cl2N3O3.2C13H15Cl2N3O3/c1-7-13(24)15(26)14(25)11(29-7)6-28-17(27)22-16(20)21-12(23)5-8-9(18)3-2-4-10(8)19;1-2-3-7-22-14(21)19-13(17)18-12(20)8-9-10(15)5-4-6-11(9)16;2*1-2-6-21-13(20)18-12(16)17-11(19)7-8-9(14)4-3-5-10(8)15/h2-4,7,11,13-15,24-26H,5-6H2,1H3,(H3,20,21,22,23,27);4-6H,2-3,7-8H2,1H3,(H3,17,18,19,20,21);2*3-5H,2,6-7H2,1H3,(H3,16,17,18,19,20)/t7-,11?,13+,14-,15-;;;/m1.../s1/i;;2D2,6D2;. The largest absolute Gasteiger partial charge is 0.449 e. The lowest BCUT2D eigenvalue weighted by atomic mass is 9.96. The summed E-state index contributed by atoms with van der Waals surface area (Å²) in [5, 5.41) is 78.3. The molecule has 0 bridgehead atoms. The van der Waals surface area contributed by atoms with E-state index >= 15 is 0 Å². The van der Waals surface area contributed by atoms with Crippen LogP contribution in [0.25, 0.3) is 0 Å². The Balaban J connectivity index is 0.000000444. The second kappa shape index (κ2) is 43.6. The Morgan fingerprint density at radius 1 is 0.441 bits per heavy atom. The molecule has 93 heavy (non-hydrogen) atoms. The molecule has 8 amide bonds. The molecule has 1 unspecified atom stereocenters. The number of carbonyl (C=O) groups is 8. The van der Waals surface area contributed by atoms with E-state index in [1.54, 1.807) is 66.0 Å². The Kier molecular flexibility index (Phi) is 35.0. The smallest absolute Gasteiger partial charge is 0.414 e. The summed E-state index contributed by atoms with van der Waals surface area (Å²) in [6.07, 6.45) is -11.0. The van der Waals surface area contributed by atoms with Crippen LogP contribution in [0.5, 0.6) is 0 Å². The van der Waals surface area contributed by atoms with E-state index in [-0.39, 0.29) is 48.9 Å². The maximum Gasteiger partial charge on any atom is 0.414 e. The highest BCUT2D eigenvalue weighted by molar-refractivity contribution is 6.38. The molecule has 4 aromatic rings. The third-order valence-electron chi connectivity index (χ3n) is 11.3. The summed E-state index contributed by atoms with van der Waals surface area (Å²) >= 11 is 47.6. The first-order chi connectivity index (χ1) is 45.3. The van der Waals surface area contributed by atoms with Crippen LogP contribution in [-0.2, 0) is 68.5 Å². The highest BCUT2D eigenvalue weighted by Gasteiger charge is 2.42. The number of alkyl carbamates (subject to hydrolysis) is 4. The SMILES string of the molecule is CCCCOC(=O)NC(=N)NC(=O)Cc1c(Cl)cccc1Cl.CCCOC(=O)NC(=N)NC(=O)Cc1c(Cl)cccc1Cl.C[C@H]1OC(COC(=O)NC(=N)NC(=O)Cc2c(Cl)cccc2Cl)[C@@H](O)[C@H](O)[C@H]1O.[2H]C([2H])(C)C([2H])([2H])OC(=O)NC(=N)NC(=O)Cc1c(Cl)cccc1Cl. The summed E-state index contributed by atoms with van der Waals surface area (Å²) in [4.78, 5) is 93.2. The van der Waals surface area contributed by atoms with E-state index in [0.717, 1.165) is 19.8 Å². The van der Waals surface area contributed by atoms with Gasteiger partial charge in [0.05, 0.1) is 54.3 Å². The number of ether oxygens (including phenoxy) is 5. The first-order valence-electron chi connectivity index (χ1n) is 29.1. The normalized spacial score (nSPS) is 16.0. The van der Waals surface area contributed by atoms with Gasteiger partial charge in [0.15, 0.2) is 0 Å². The van der Waals surface area contributed by atoms with Gasteiger partial charge in [-0.15, -0.1) is 0 Å². The van der Waals surface area contributed by atoms with Crippen LogP contribution in [0.1, 0.15) is 81.1 Å². The van der Waals surface area contributed by atoms with Crippen molar-refractivity contribution in [3.8, 4) is 0 Å². The van der Waals surface area contributed by atoms with Crippen molar-refractivity contribution in [2.24, 2.45) is 0 Å². The summed E-state index contributed by atoms with van der Waals surface area (Å²) < 4.78 is 53.0. The molecule has 0 spiro atoms. The Morgan fingerprint density at radius 3 is 1.02 bits per heavy atom. The molecule has 4 aromatic carbocycles. The maximum absolute atomic E-state index is 12.0. The first kappa shape index (κ1) is 74.7. The van der Waals surface area contributed by atoms with Gasteiger partial charge in [0, 0.05) is 42.9 Å². The quantitative estimate of drug-likeness (QED) is 0.0203. The molecule has 0 aliphatic carbocycles. The predicted octanol–water partition coefficient (Wildman–Crippen LogP) is 8.74. The number of rotatable bonds is 17. The van der Waals surface area contributed by atoms with Crippen molar-refractivity contribution >= 4 is 165 Å². The molecule has 5 rings (SSSR count). The predicted molar refractivity (Wildman–Crippen MR) is 350 cm³/mol. The van der Waals surface area contributed by atoms with Crippen molar-refractivity contribution in [1.82, 2.24) is 42.5 Å². The van der Waals surface area contributed by atoms with Crippen LogP contribution in [0.4, 0.5) is 19.2 Å². The maximum atomic E-state index is 12.0. The Morgan fingerprint density at radius 2 is 0.731 bits per heavy atom. The number of guanidine groups is 4. The zero-order chi connectivity index (χ0) is 73.5. The Bertz CT molecular complexity index is 3400. The summed E-state index contributed by atoms with van der Waals surface area (Å²) in [5.41, 5.74) is 1.64. The third kappa shape index (κ3) is 31.9. The second-order valence-electron chi connectivity index (χ2n) is 18.5. The van der Waals surface area contributed by atoms with E-state index in [1.807, 2.05) is 24.5 Å².